The normalized spacial score (nSPS) is 15.0. The van der Waals surface area contributed by atoms with Crippen LogP contribution in [0.15, 0.2) is 35.5 Å². The van der Waals surface area contributed by atoms with Gasteiger partial charge in [-0.15, -0.1) is 10.2 Å². The van der Waals surface area contributed by atoms with Crippen molar-refractivity contribution in [2.75, 3.05) is 10.7 Å². The minimum atomic E-state index is -1.16. The minimum Gasteiger partial charge on any atom is -0.447 e. The van der Waals surface area contributed by atoms with E-state index in [-0.39, 0.29) is 22.4 Å². The first kappa shape index (κ1) is 21.5. The second kappa shape index (κ2) is 8.43. The first-order valence-corrected chi connectivity index (χ1v) is 11.1. The fourth-order valence-corrected chi connectivity index (χ4v) is 4.49. The zero-order valence-electron chi connectivity index (χ0n) is 17.4. The first-order chi connectivity index (χ1) is 14.8. The molecule has 0 bridgehead atoms. The molecule has 0 unspecified atom stereocenters. The summed E-state index contributed by atoms with van der Waals surface area (Å²) < 4.78 is 21.2. The number of thioether (sulfide) groups is 1. The number of aryl methyl sites for hydroxylation is 2. The third kappa shape index (κ3) is 3.85. The summed E-state index contributed by atoms with van der Waals surface area (Å²) in [4.78, 5) is 18.8. The zero-order chi connectivity index (χ0) is 22.3. The molecule has 0 saturated carbocycles. The molecule has 6 nitrogen and oxygen atoms in total. The molecule has 2 aromatic carbocycles. The number of benzene rings is 2. The second-order valence-corrected chi connectivity index (χ2v) is 8.79. The smallest absolute Gasteiger partial charge is 0.247 e. The Labute approximate surface area is 188 Å². The van der Waals surface area contributed by atoms with Gasteiger partial charge in [-0.1, -0.05) is 48.0 Å². The highest BCUT2D eigenvalue weighted by molar-refractivity contribution is 7.99. The van der Waals surface area contributed by atoms with Crippen molar-refractivity contribution in [1.29, 1.82) is 0 Å². The van der Waals surface area contributed by atoms with Gasteiger partial charge in [0.15, 0.2) is 5.69 Å². The molecule has 9 heteroatoms. The van der Waals surface area contributed by atoms with Gasteiger partial charge in [0.25, 0.3) is 0 Å². The van der Waals surface area contributed by atoms with E-state index in [0.29, 0.717) is 22.1 Å². The molecule has 160 valence electrons. The number of ether oxygens (including phenoxy) is 1. The predicted molar refractivity (Wildman–Crippen MR) is 119 cm³/mol. The summed E-state index contributed by atoms with van der Waals surface area (Å²) in [5.74, 6) is 0.00706. The van der Waals surface area contributed by atoms with E-state index in [4.69, 9.17) is 16.3 Å². The van der Waals surface area contributed by atoms with Gasteiger partial charge in [-0.2, -0.15) is 4.98 Å². The van der Waals surface area contributed by atoms with Gasteiger partial charge in [-0.25, -0.2) is 4.39 Å². The van der Waals surface area contributed by atoms with Crippen molar-refractivity contribution in [3.63, 3.8) is 0 Å². The van der Waals surface area contributed by atoms with Gasteiger partial charge in [0.2, 0.25) is 23.2 Å². The van der Waals surface area contributed by atoms with Gasteiger partial charge in [0.1, 0.15) is 5.82 Å². The lowest BCUT2D eigenvalue weighted by molar-refractivity contribution is -0.118. The van der Waals surface area contributed by atoms with E-state index in [1.807, 2.05) is 32.9 Å². The molecule has 0 N–H and O–H groups in total. The molecule has 0 fully saturated rings. The molecule has 0 aliphatic carbocycles. The molecule has 1 aromatic heterocycles. The Balaban J connectivity index is 2.06. The van der Waals surface area contributed by atoms with E-state index in [1.54, 1.807) is 6.07 Å². The standard InChI is InChI=1S/C22H20ClFN4O2S/c1-5-31-22-25-20-18(26-27-22)14-10-11(2)9-12(3)19(14)28(13(4)29)21(30-20)17-15(23)7-6-8-16(17)24/h6-10,21H,5H2,1-4H3/t21-/m1/s1. The lowest BCUT2D eigenvalue weighted by Crippen LogP contribution is -2.37. The number of hydrogen-bond acceptors (Lipinski definition) is 6. The topological polar surface area (TPSA) is 68.2 Å². The molecular weight excluding hydrogens is 439 g/mol. The summed E-state index contributed by atoms with van der Waals surface area (Å²) in [7, 11) is 0. The van der Waals surface area contributed by atoms with Crippen LogP contribution >= 0.6 is 23.4 Å². The van der Waals surface area contributed by atoms with E-state index in [2.05, 4.69) is 15.2 Å². The molecule has 0 radical (unpaired) electrons. The molecule has 1 aliphatic rings. The summed E-state index contributed by atoms with van der Waals surface area (Å²) in [5.41, 5.74) is 3.44. The van der Waals surface area contributed by atoms with Gasteiger partial charge < -0.3 is 4.74 Å². The largest absolute Gasteiger partial charge is 0.447 e. The van der Waals surface area contributed by atoms with Crippen LogP contribution in [0.25, 0.3) is 11.3 Å². The van der Waals surface area contributed by atoms with E-state index >= 15 is 0 Å². The zero-order valence-corrected chi connectivity index (χ0v) is 19.0. The summed E-state index contributed by atoms with van der Waals surface area (Å²) in [6.45, 7) is 7.21. The number of nitrogens with zero attached hydrogens (tertiary/aromatic N) is 4. The van der Waals surface area contributed by atoms with Crippen molar-refractivity contribution in [3.8, 4) is 17.1 Å². The molecule has 31 heavy (non-hydrogen) atoms. The number of amides is 1. The maximum absolute atomic E-state index is 15.0. The van der Waals surface area contributed by atoms with Crippen LogP contribution in [0.2, 0.25) is 5.02 Å². The maximum Gasteiger partial charge on any atom is 0.247 e. The lowest BCUT2D eigenvalue weighted by Gasteiger charge is -2.31. The van der Waals surface area contributed by atoms with Crippen LogP contribution < -0.4 is 9.64 Å². The average molecular weight is 459 g/mol. The van der Waals surface area contributed by atoms with Crippen LogP contribution in [0, 0.1) is 19.7 Å². The Hall–Kier alpha value is -2.71. The number of carbonyl (C=O) groups excluding carboxylic acids is 1. The van der Waals surface area contributed by atoms with Gasteiger partial charge in [0.05, 0.1) is 16.3 Å². The van der Waals surface area contributed by atoms with E-state index < -0.39 is 12.0 Å². The summed E-state index contributed by atoms with van der Waals surface area (Å²) in [6, 6.07) is 8.20. The number of halogens is 2. The van der Waals surface area contributed by atoms with Crippen molar-refractivity contribution < 1.29 is 13.9 Å². The third-order valence-electron chi connectivity index (χ3n) is 4.89. The van der Waals surface area contributed by atoms with Gasteiger partial charge in [0, 0.05) is 12.5 Å². The Kier molecular flexibility index (Phi) is 5.85. The molecule has 4 rings (SSSR count). The van der Waals surface area contributed by atoms with Crippen molar-refractivity contribution in [2.24, 2.45) is 0 Å². The lowest BCUT2D eigenvalue weighted by atomic mass is 10.00. The first-order valence-electron chi connectivity index (χ1n) is 9.71. The average Bonchev–Trinajstić information content (AvgIpc) is 2.83. The predicted octanol–water partition coefficient (Wildman–Crippen LogP) is 5.50. The van der Waals surface area contributed by atoms with Gasteiger partial charge in [-0.3, -0.25) is 9.69 Å². The Morgan fingerprint density at radius 2 is 2.06 bits per heavy atom. The molecule has 0 saturated heterocycles. The monoisotopic (exact) mass is 458 g/mol. The number of rotatable bonds is 3. The highest BCUT2D eigenvalue weighted by Gasteiger charge is 2.38. The van der Waals surface area contributed by atoms with E-state index in [0.717, 1.165) is 16.9 Å². The van der Waals surface area contributed by atoms with E-state index in [1.165, 1.54) is 35.7 Å². The highest BCUT2D eigenvalue weighted by atomic mass is 35.5. The molecule has 1 amide bonds. The maximum atomic E-state index is 15.0. The molecule has 1 atom stereocenters. The van der Waals surface area contributed by atoms with Crippen LogP contribution in [0.5, 0.6) is 5.88 Å². The van der Waals surface area contributed by atoms with Gasteiger partial charge >= 0.3 is 0 Å². The fraction of sp³-hybridized carbons (Fsp3) is 0.273. The van der Waals surface area contributed by atoms with E-state index in [9.17, 15) is 9.18 Å². The van der Waals surface area contributed by atoms with Crippen LogP contribution in [0.1, 0.15) is 36.8 Å². The van der Waals surface area contributed by atoms with Crippen molar-refractivity contribution in [1.82, 2.24) is 15.2 Å². The van der Waals surface area contributed by atoms with Gasteiger partial charge in [-0.05, 0) is 43.4 Å². The van der Waals surface area contributed by atoms with Crippen LogP contribution in [0.3, 0.4) is 0 Å². The summed E-state index contributed by atoms with van der Waals surface area (Å²) >= 11 is 7.78. The van der Waals surface area contributed by atoms with Crippen LogP contribution in [0.4, 0.5) is 10.1 Å². The highest BCUT2D eigenvalue weighted by Crippen LogP contribution is 2.46. The molecular formula is C22H20ClFN4O2S. The SMILES string of the molecule is CCSc1nnc2c(n1)O[C@H](c1c(F)cccc1Cl)N(C(C)=O)c1c(C)cc(C)cc1-2. The molecule has 0 spiro atoms. The summed E-state index contributed by atoms with van der Waals surface area (Å²) in [5, 5.41) is 9.15. The second-order valence-electron chi connectivity index (χ2n) is 7.15. The number of anilines is 1. The number of carbonyl (C=O) groups is 1. The van der Waals surface area contributed by atoms with Crippen LogP contribution in [-0.2, 0) is 4.79 Å². The fourth-order valence-electron chi connectivity index (χ4n) is 3.73. The number of hydrogen-bond donors (Lipinski definition) is 0. The molecule has 3 aromatic rings. The minimum absolute atomic E-state index is 0.0569. The third-order valence-corrected chi connectivity index (χ3v) is 5.94. The Bertz CT molecular complexity index is 1170. The Morgan fingerprint density at radius 1 is 1.29 bits per heavy atom. The summed E-state index contributed by atoms with van der Waals surface area (Å²) in [6.07, 6.45) is -1.16. The number of aromatic nitrogens is 3. The number of fused-ring (bicyclic) bond motifs is 3. The van der Waals surface area contributed by atoms with Crippen molar-refractivity contribution in [3.05, 3.63) is 57.9 Å². The van der Waals surface area contributed by atoms with Crippen molar-refractivity contribution in [2.45, 2.75) is 39.1 Å². The quantitative estimate of drug-likeness (QED) is 0.482. The Morgan fingerprint density at radius 3 is 2.74 bits per heavy atom. The molecule has 1 aliphatic heterocycles. The van der Waals surface area contributed by atoms with Crippen molar-refractivity contribution >= 4 is 35.0 Å². The van der Waals surface area contributed by atoms with Crippen LogP contribution in [-0.4, -0.2) is 26.8 Å². The molecule has 2 heterocycles.